The third kappa shape index (κ3) is 24.3. The summed E-state index contributed by atoms with van der Waals surface area (Å²) in [6.07, 6.45) is 3.31. The highest BCUT2D eigenvalue weighted by Gasteiger charge is 2.35. The topological polar surface area (TPSA) is 261 Å². The average molecular weight is 1150 g/mol. The van der Waals surface area contributed by atoms with Crippen LogP contribution in [0.4, 0.5) is 23.2 Å². The summed E-state index contributed by atoms with van der Waals surface area (Å²) in [4.78, 5) is 49.8. The quantitative estimate of drug-likeness (QED) is 0.0177. The zero-order valence-electron chi connectivity index (χ0n) is 43.7. The van der Waals surface area contributed by atoms with Gasteiger partial charge in [0.1, 0.15) is 5.84 Å². The zero-order valence-corrected chi connectivity index (χ0v) is 45.4. The molecule has 77 heavy (non-hydrogen) atoms. The number of amidine groups is 1. The van der Waals surface area contributed by atoms with E-state index in [-0.39, 0.29) is 57.4 Å². The molecule has 436 valence electrons. The minimum Gasteiger partial charge on any atom is -0.420 e. The number of carbonyl (C=O) groups excluding carboxylic acids is 3. The Kier molecular flexibility index (Phi) is 30.6. The summed E-state index contributed by atoms with van der Waals surface area (Å²) in [6, 6.07) is 2.03. The van der Waals surface area contributed by atoms with Crippen molar-refractivity contribution in [2.24, 2.45) is 16.6 Å². The van der Waals surface area contributed by atoms with Gasteiger partial charge in [0.25, 0.3) is 5.91 Å². The number of hydroxylamine groups is 2. The molecular formula is C49H72F4N4O18S2. The number of fused-ring (bicyclic) bond motifs is 1. The van der Waals surface area contributed by atoms with Crippen LogP contribution >= 0.6 is 11.3 Å². The van der Waals surface area contributed by atoms with E-state index in [1.807, 2.05) is 37.8 Å². The van der Waals surface area contributed by atoms with E-state index in [1.165, 1.54) is 5.06 Å². The lowest BCUT2D eigenvalue weighted by Gasteiger charge is -2.39. The number of rotatable bonds is 42. The van der Waals surface area contributed by atoms with E-state index in [2.05, 4.69) is 9.73 Å². The molecule has 1 aromatic heterocycles. The van der Waals surface area contributed by atoms with Gasteiger partial charge in [-0.1, -0.05) is 6.92 Å². The molecule has 0 spiro atoms. The number of amides is 2. The number of benzene rings is 1. The standard InChI is InChI=1S/C49H72F4N4O18S2/c1-4-7-57(75-34(2)3)49(60)36-29-39-38(55-40(54)30-36)31-37(76-39)28-35-32-56(33-35)41(58)5-8-64-10-12-66-14-16-68-18-20-70-22-24-72-26-27-73-25-23-71-21-19-69-17-15-67-13-11-65-9-6-42(59)74-47-43(50)45(52)48(77(61,62)63)46(53)44(47)51/h29,31,34-35H,4-28,30,32-33H2,1-3H3,(H2,54,55)(H,61,62,63). The highest BCUT2D eigenvalue weighted by molar-refractivity contribution is 7.85. The second kappa shape index (κ2) is 36.1. The first-order valence-corrected chi connectivity index (χ1v) is 27.5. The van der Waals surface area contributed by atoms with Crippen LogP contribution in [0.15, 0.2) is 21.5 Å². The van der Waals surface area contributed by atoms with Gasteiger partial charge in [-0.05, 0) is 44.7 Å². The molecule has 0 radical (unpaired) electrons. The van der Waals surface area contributed by atoms with Gasteiger partial charge in [0.15, 0.2) is 16.5 Å². The molecular weight excluding hydrogens is 1070 g/mol. The van der Waals surface area contributed by atoms with E-state index in [1.54, 1.807) is 11.3 Å². The maximum absolute atomic E-state index is 14.0. The number of carbonyl (C=O) groups is 3. The Bertz CT molecular complexity index is 2280. The first kappa shape index (κ1) is 65.2. The van der Waals surface area contributed by atoms with Gasteiger partial charge in [-0.2, -0.15) is 17.2 Å². The normalized spacial score (nSPS) is 13.9. The Balaban J connectivity index is 0.840. The largest absolute Gasteiger partial charge is 0.420 e. The SMILES string of the molecule is CCCN(OC(C)C)C(=O)C1=Cc2sc(CC3CN(C(=O)CCOCCOCCOCCOCCOCCOCCOCCOCCOCCOCCC(=O)Oc4c(F)c(F)c(S(=O)(=O)O)c(F)c4F)C3)cc2N=C(N)C1. The number of thiophene rings is 1. The number of aliphatic imine (C=N–C) groups is 1. The molecule has 1 fully saturated rings. The molecule has 0 saturated carbocycles. The fraction of sp³-hybridized carbons (Fsp3) is 0.673. The summed E-state index contributed by atoms with van der Waals surface area (Å²) in [5, 5.41) is 1.42. The van der Waals surface area contributed by atoms with Crippen molar-refractivity contribution < 1.29 is 102 Å². The van der Waals surface area contributed by atoms with Gasteiger partial charge >= 0.3 is 16.1 Å². The van der Waals surface area contributed by atoms with Crippen molar-refractivity contribution in [3.05, 3.63) is 44.7 Å². The van der Waals surface area contributed by atoms with Crippen LogP contribution in [0.5, 0.6) is 5.75 Å². The van der Waals surface area contributed by atoms with Gasteiger partial charge in [-0.3, -0.25) is 23.8 Å². The predicted molar refractivity (Wildman–Crippen MR) is 269 cm³/mol. The summed E-state index contributed by atoms with van der Waals surface area (Å²) in [7, 11) is -5.65. The first-order valence-electron chi connectivity index (χ1n) is 25.2. The lowest BCUT2D eigenvalue weighted by molar-refractivity contribution is -0.196. The number of nitrogens with two attached hydrogens (primary N) is 1. The van der Waals surface area contributed by atoms with Crippen molar-refractivity contribution in [1.29, 1.82) is 0 Å². The van der Waals surface area contributed by atoms with E-state index in [0.717, 1.165) is 28.3 Å². The molecule has 22 nitrogen and oxygen atoms in total. The van der Waals surface area contributed by atoms with Crippen LogP contribution in [0.2, 0.25) is 0 Å². The van der Waals surface area contributed by atoms with Crippen molar-refractivity contribution in [2.75, 3.05) is 152 Å². The maximum Gasteiger partial charge on any atom is 0.313 e. The average Bonchev–Trinajstić information content (AvgIpc) is 3.68. The lowest BCUT2D eigenvalue weighted by Crippen LogP contribution is -2.50. The molecule has 0 atom stereocenters. The molecule has 0 unspecified atom stereocenters. The molecule has 1 saturated heterocycles. The number of nitrogens with zero attached hydrogens (tertiary/aromatic N) is 3. The summed E-state index contributed by atoms with van der Waals surface area (Å²) in [6.45, 7) is 13.7. The Labute approximate surface area is 450 Å². The highest BCUT2D eigenvalue weighted by atomic mass is 32.2. The van der Waals surface area contributed by atoms with Crippen LogP contribution in [0, 0.1) is 29.2 Å². The number of hydrogen-bond acceptors (Lipinski definition) is 20. The molecule has 3 N–H and O–H groups in total. The highest BCUT2D eigenvalue weighted by Crippen LogP contribution is 2.37. The monoisotopic (exact) mass is 1140 g/mol. The smallest absolute Gasteiger partial charge is 0.313 e. The third-order valence-corrected chi connectivity index (χ3v) is 12.7. The van der Waals surface area contributed by atoms with Gasteiger partial charge in [0, 0.05) is 36.5 Å². The maximum atomic E-state index is 14.0. The van der Waals surface area contributed by atoms with Gasteiger partial charge in [-0.15, -0.1) is 11.3 Å². The summed E-state index contributed by atoms with van der Waals surface area (Å²) in [5.74, 6) is -12.1. The van der Waals surface area contributed by atoms with Crippen LogP contribution in [0.1, 0.15) is 56.2 Å². The van der Waals surface area contributed by atoms with Crippen LogP contribution in [-0.4, -0.2) is 204 Å². The molecule has 2 aliphatic heterocycles. The van der Waals surface area contributed by atoms with Crippen LogP contribution < -0.4 is 10.5 Å². The molecule has 0 aliphatic carbocycles. The molecule has 0 bridgehead atoms. The van der Waals surface area contributed by atoms with Gasteiger partial charge in [-0.25, -0.2) is 18.8 Å². The second-order valence-electron chi connectivity index (χ2n) is 17.3. The molecule has 2 aromatic rings. The van der Waals surface area contributed by atoms with E-state index in [9.17, 15) is 40.4 Å². The number of likely N-dealkylation sites (tertiary alicyclic amines) is 1. The summed E-state index contributed by atoms with van der Waals surface area (Å²) >= 11 is 1.60. The fourth-order valence-corrected chi connectivity index (χ4v) is 8.92. The number of hydrogen-bond donors (Lipinski definition) is 2. The predicted octanol–water partition coefficient (Wildman–Crippen LogP) is 4.46. The van der Waals surface area contributed by atoms with E-state index >= 15 is 0 Å². The van der Waals surface area contributed by atoms with Crippen molar-refractivity contribution in [1.82, 2.24) is 9.96 Å². The minimum absolute atomic E-state index is 0.0192. The molecule has 28 heteroatoms. The van der Waals surface area contributed by atoms with Gasteiger partial charge in [0.05, 0.1) is 162 Å². The van der Waals surface area contributed by atoms with Gasteiger partial charge < -0.3 is 62.7 Å². The Morgan fingerprint density at radius 1 is 0.714 bits per heavy atom. The molecule has 2 aliphatic rings. The Hall–Kier alpha value is -4.27. The fourth-order valence-electron chi connectivity index (χ4n) is 7.11. The number of esters is 1. The molecule has 2 amide bonds. The summed E-state index contributed by atoms with van der Waals surface area (Å²) < 4.78 is 145. The third-order valence-electron chi connectivity index (χ3n) is 10.7. The lowest BCUT2D eigenvalue weighted by atomic mass is 9.95. The summed E-state index contributed by atoms with van der Waals surface area (Å²) in [5.41, 5.74) is 7.53. The minimum atomic E-state index is -5.65. The van der Waals surface area contributed by atoms with Crippen molar-refractivity contribution in [3.63, 3.8) is 0 Å². The van der Waals surface area contributed by atoms with E-state index in [4.69, 9.17) is 62.5 Å². The Morgan fingerprint density at radius 3 is 1.56 bits per heavy atom. The van der Waals surface area contributed by atoms with Crippen LogP contribution in [-0.2, 0) is 83.1 Å². The van der Waals surface area contributed by atoms with E-state index in [0.29, 0.717) is 142 Å². The van der Waals surface area contributed by atoms with Crippen molar-refractivity contribution in [2.45, 2.75) is 63.9 Å². The first-order chi connectivity index (χ1) is 37.0. The zero-order chi connectivity index (χ0) is 56.0. The van der Waals surface area contributed by atoms with Crippen LogP contribution in [0.25, 0.3) is 6.08 Å². The second-order valence-corrected chi connectivity index (χ2v) is 19.9. The van der Waals surface area contributed by atoms with Gasteiger partial charge in [0.2, 0.25) is 23.3 Å². The van der Waals surface area contributed by atoms with Crippen LogP contribution in [0.3, 0.4) is 0 Å². The van der Waals surface area contributed by atoms with Crippen molar-refractivity contribution >= 4 is 56.8 Å². The number of ether oxygens (including phenoxy) is 11. The van der Waals surface area contributed by atoms with Crippen molar-refractivity contribution in [3.8, 4) is 5.75 Å². The Morgan fingerprint density at radius 2 is 1.14 bits per heavy atom. The van der Waals surface area contributed by atoms with E-state index < -0.39 is 56.4 Å². The number of halogens is 4. The molecule has 1 aromatic carbocycles. The molecule has 3 heterocycles. The molecule has 4 rings (SSSR count).